The van der Waals surface area contributed by atoms with Gasteiger partial charge in [0.15, 0.2) is 0 Å². The number of aromatic nitrogens is 2. The minimum absolute atomic E-state index is 0.307. The van der Waals surface area contributed by atoms with Gasteiger partial charge in [0.1, 0.15) is 17.5 Å². The molecule has 0 unspecified atom stereocenters. The first-order chi connectivity index (χ1) is 9.32. The molecular weight excluding hydrogens is 248 g/mol. The Morgan fingerprint density at radius 3 is 2.15 bits per heavy atom. The van der Waals surface area contributed by atoms with Crippen LogP contribution in [0.1, 0.15) is 53.8 Å². The lowest BCUT2D eigenvalue weighted by atomic mass is 10.0. The van der Waals surface area contributed by atoms with Crippen molar-refractivity contribution >= 4 is 11.6 Å². The van der Waals surface area contributed by atoms with Gasteiger partial charge in [0.25, 0.3) is 0 Å². The predicted octanol–water partition coefficient (Wildman–Crippen LogP) is 3.71. The fourth-order valence-corrected chi connectivity index (χ4v) is 2.88. The smallest absolute Gasteiger partial charge is 0.133 e. The van der Waals surface area contributed by atoms with Crippen molar-refractivity contribution in [2.45, 2.75) is 60.4 Å². The summed E-state index contributed by atoms with van der Waals surface area (Å²) in [5.74, 6) is 2.79. The quantitative estimate of drug-likeness (QED) is 0.831. The summed E-state index contributed by atoms with van der Waals surface area (Å²) in [6, 6.07) is 2.49. The van der Waals surface area contributed by atoms with Crippen LogP contribution in [0.3, 0.4) is 0 Å². The zero-order chi connectivity index (χ0) is 15.0. The summed E-state index contributed by atoms with van der Waals surface area (Å²) in [7, 11) is 0. The monoisotopic (exact) mass is 276 g/mol. The Hall–Kier alpha value is -1.32. The van der Waals surface area contributed by atoms with E-state index >= 15 is 0 Å². The van der Waals surface area contributed by atoms with Crippen molar-refractivity contribution in [2.75, 3.05) is 17.2 Å². The van der Waals surface area contributed by atoms with E-state index in [9.17, 15) is 0 Å². The van der Waals surface area contributed by atoms with Crippen molar-refractivity contribution in [3.8, 4) is 0 Å². The molecule has 20 heavy (non-hydrogen) atoms. The molecule has 4 nitrogen and oxygen atoms in total. The molecule has 1 saturated carbocycles. The molecule has 0 saturated heterocycles. The van der Waals surface area contributed by atoms with Gasteiger partial charge in [0.2, 0.25) is 0 Å². The molecular formula is C16H28N4. The first kappa shape index (κ1) is 15.1. The lowest BCUT2D eigenvalue weighted by Crippen LogP contribution is -2.13. The highest BCUT2D eigenvalue weighted by Crippen LogP contribution is 2.63. The van der Waals surface area contributed by atoms with Crippen molar-refractivity contribution in [1.29, 1.82) is 0 Å². The van der Waals surface area contributed by atoms with E-state index < -0.39 is 0 Å². The Morgan fingerprint density at radius 2 is 1.65 bits per heavy atom. The van der Waals surface area contributed by atoms with Crippen molar-refractivity contribution in [3.05, 3.63) is 11.9 Å². The lowest BCUT2D eigenvalue weighted by molar-refractivity contribution is 0.457. The molecule has 1 fully saturated rings. The minimum atomic E-state index is 0.307. The standard InChI is InChI=1S/C16H28N4/c1-7-9-11-18-12(17-8-2)10-13(19-11)20-14-15(3,4)16(14,5)6/h10,14H,7-9H2,1-6H3,(H2,17,18,19,20). The topological polar surface area (TPSA) is 49.8 Å². The van der Waals surface area contributed by atoms with Crippen molar-refractivity contribution < 1.29 is 0 Å². The third-order valence-corrected chi connectivity index (χ3v) is 4.92. The molecule has 0 bridgehead atoms. The lowest BCUT2D eigenvalue weighted by Gasteiger charge is -2.11. The molecule has 0 aromatic carbocycles. The van der Waals surface area contributed by atoms with E-state index in [4.69, 9.17) is 0 Å². The molecule has 112 valence electrons. The van der Waals surface area contributed by atoms with Crippen LogP contribution >= 0.6 is 0 Å². The molecule has 1 aliphatic carbocycles. The molecule has 2 rings (SSSR count). The van der Waals surface area contributed by atoms with Crippen LogP contribution in [0.25, 0.3) is 0 Å². The maximum Gasteiger partial charge on any atom is 0.133 e. The van der Waals surface area contributed by atoms with Gasteiger partial charge in [0.05, 0.1) is 0 Å². The van der Waals surface area contributed by atoms with Gasteiger partial charge < -0.3 is 10.6 Å². The van der Waals surface area contributed by atoms with Crippen LogP contribution in [-0.4, -0.2) is 22.6 Å². The van der Waals surface area contributed by atoms with Gasteiger partial charge in [-0.05, 0) is 24.2 Å². The Kier molecular flexibility index (Phi) is 3.94. The van der Waals surface area contributed by atoms with Gasteiger partial charge in [-0.3, -0.25) is 0 Å². The predicted molar refractivity (Wildman–Crippen MR) is 85.2 cm³/mol. The maximum atomic E-state index is 4.65. The highest BCUT2D eigenvalue weighted by Gasteiger charge is 2.65. The zero-order valence-electron chi connectivity index (χ0n) is 13.7. The molecule has 0 radical (unpaired) electrons. The highest BCUT2D eigenvalue weighted by atomic mass is 15.1. The Morgan fingerprint density at radius 1 is 1.05 bits per heavy atom. The third-order valence-electron chi connectivity index (χ3n) is 4.92. The number of nitrogens with one attached hydrogen (secondary N) is 2. The SMILES string of the molecule is CCCc1nc(NCC)cc(NC2C(C)(C)C2(C)C)n1. The van der Waals surface area contributed by atoms with E-state index in [-0.39, 0.29) is 0 Å². The number of anilines is 2. The van der Waals surface area contributed by atoms with Gasteiger partial charge in [-0.1, -0.05) is 34.6 Å². The van der Waals surface area contributed by atoms with Crippen LogP contribution in [0.4, 0.5) is 11.6 Å². The first-order valence-electron chi connectivity index (χ1n) is 7.71. The van der Waals surface area contributed by atoms with Crippen LogP contribution in [0.2, 0.25) is 0 Å². The van der Waals surface area contributed by atoms with E-state index in [2.05, 4.69) is 62.1 Å². The van der Waals surface area contributed by atoms with Gasteiger partial charge in [-0.2, -0.15) is 0 Å². The van der Waals surface area contributed by atoms with Crippen molar-refractivity contribution in [3.63, 3.8) is 0 Å². The van der Waals surface area contributed by atoms with Crippen molar-refractivity contribution in [2.24, 2.45) is 10.8 Å². The molecule has 1 aromatic heterocycles. The fourth-order valence-electron chi connectivity index (χ4n) is 2.88. The molecule has 1 aliphatic rings. The second kappa shape index (κ2) is 5.23. The number of nitrogens with zero attached hydrogens (tertiary/aromatic N) is 2. The number of rotatable bonds is 6. The normalized spacial score (nSPS) is 19.7. The van der Waals surface area contributed by atoms with Gasteiger partial charge in [0, 0.05) is 25.1 Å². The van der Waals surface area contributed by atoms with E-state index in [0.29, 0.717) is 16.9 Å². The second-order valence-corrected chi connectivity index (χ2v) is 6.86. The summed E-state index contributed by atoms with van der Waals surface area (Å²) in [6.45, 7) is 14.4. The number of hydrogen-bond donors (Lipinski definition) is 2. The summed E-state index contributed by atoms with van der Waals surface area (Å²) in [5, 5.41) is 6.89. The molecule has 0 spiro atoms. The number of aryl methyl sites for hydroxylation is 1. The Balaban J connectivity index is 2.19. The van der Waals surface area contributed by atoms with E-state index in [0.717, 1.165) is 36.8 Å². The van der Waals surface area contributed by atoms with E-state index in [1.165, 1.54) is 0 Å². The van der Waals surface area contributed by atoms with Crippen LogP contribution in [0.15, 0.2) is 6.07 Å². The maximum absolute atomic E-state index is 4.65. The van der Waals surface area contributed by atoms with E-state index in [1.807, 2.05) is 6.07 Å². The van der Waals surface area contributed by atoms with Crippen LogP contribution in [-0.2, 0) is 6.42 Å². The van der Waals surface area contributed by atoms with E-state index in [1.54, 1.807) is 0 Å². The highest BCUT2D eigenvalue weighted by molar-refractivity contribution is 5.50. The molecule has 1 heterocycles. The summed E-state index contributed by atoms with van der Waals surface area (Å²) in [6.07, 6.45) is 1.99. The van der Waals surface area contributed by atoms with Gasteiger partial charge in [-0.15, -0.1) is 0 Å². The first-order valence-corrected chi connectivity index (χ1v) is 7.71. The summed E-state index contributed by atoms with van der Waals surface area (Å²) in [4.78, 5) is 9.21. The van der Waals surface area contributed by atoms with Crippen molar-refractivity contribution in [1.82, 2.24) is 9.97 Å². The minimum Gasteiger partial charge on any atom is -0.370 e. The molecule has 1 aromatic rings. The van der Waals surface area contributed by atoms with Crippen LogP contribution in [0, 0.1) is 10.8 Å². The third kappa shape index (κ3) is 2.60. The summed E-state index contributed by atoms with van der Waals surface area (Å²) >= 11 is 0. The van der Waals surface area contributed by atoms with Crippen LogP contribution < -0.4 is 10.6 Å². The Labute approximate surface area is 122 Å². The molecule has 0 amide bonds. The van der Waals surface area contributed by atoms with Crippen LogP contribution in [0.5, 0.6) is 0 Å². The number of hydrogen-bond acceptors (Lipinski definition) is 4. The average molecular weight is 276 g/mol. The molecule has 4 heteroatoms. The fraction of sp³-hybridized carbons (Fsp3) is 0.750. The largest absolute Gasteiger partial charge is 0.370 e. The Bertz CT molecular complexity index is 441. The summed E-state index contributed by atoms with van der Waals surface area (Å²) in [5.41, 5.74) is 0.614. The second-order valence-electron chi connectivity index (χ2n) is 6.86. The summed E-state index contributed by atoms with van der Waals surface area (Å²) < 4.78 is 0. The average Bonchev–Trinajstić information content (AvgIpc) is 2.72. The van der Waals surface area contributed by atoms with Gasteiger partial charge >= 0.3 is 0 Å². The zero-order valence-corrected chi connectivity index (χ0v) is 13.7. The molecule has 0 aliphatic heterocycles. The molecule has 2 N–H and O–H groups in total. The van der Waals surface area contributed by atoms with Gasteiger partial charge in [-0.25, -0.2) is 9.97 Å². The molecule has 0 atom stereocenters.